The molecule has 1 aliphatic carbocycles. The van der Waals surface area contributed by atoms with Crippen LogP contribution in [0.4, 0.5) is 0 Å². The van der Waals surface area contributed by atoms with Crippen LogP contribution in [0.15, 0.2) is 11.4 Å². The van der Waals surface area contributed by atoms with Crippen molar-refractivity contribution < 1.29 is 14.7 Å². The first-order valence-electron chi connectivity index (χ1n) is 7.69. The van der Waals surface area contributed by atoms with Gasteiger partial charge in [-0.2, -0.15) is 0 Å². The van der Waals surface area contributed by atoms with Crippen LogP contribution in [0.25, 0.3) is 0 Å². The molecular formula is C16H21NO3S. The summed E-state index contributed by atoms with van der Waals surface area (Å²) in [6, 6.07) is 2.17. The van der Waals surface area contributed by atoms with Crippen molar-refractivity contribution in [3.8, 4) is 0 Å². The summed E-state index contributed by atoms with van der Waals surface area (Å²) in [7, 11) is 0. The second-order valence-corrected chi connectivity index (χ2v) is 7.09. The fraction of sp³-hybridized carbons (Fsp3) is 0.625. The van der Waals surface area contributed by atoms with Gasteiger partial charge in [0.2, 0.25) is 5.91 Å². The molecule has 0 spiro atoms. The van der Waals surface area contributed by atoms with Crippen LogP contribution >= 0.6 is 11.3 Å². The monoisotopic (exact) mass is 307 g/mol. The molecule has 4 nitrogen and oxygen atoms in total. The first-order valence-corrected chi connectivity index (χ1v) is 8.57. The van der Waals surface area contributed by atoms with E-state index in [0.717, 1.165) is 32.2 Å². The molecule has 1 aliphatic heterocycles. The van der Waals surface area contributed by atoms with Crippen LogP contribution in [0.2, 0.25) is 0 Å². The maximum absolute atomic E-state index is 12.9. The molecule has 21 heavy (non-hydrogen) atoms. The van der Waals surface area contributed by atoms with E-state index in [2.05, 4.69) is 18.4 Å². The van der Waals surface area contributed by atoms with Gasteiger partial charge in [-0.15, -0.1) is 11.3 Å². The molecule has 1 amide bonds. The molecule has 1 aromatic rings. The lowest BCUT2D eigenvalue weighted by atomic mass is 9.78. The Kier molecular flexibility index (Phi) is 4.02. The first kappa shape index (κ1) is 14.6. The van der Waals surface area contributed by atoms with Crippen LogP contribution in [0, 0.1) is 11.8 Å². The van der Waals surface area contributed by atoms with E-state index in [1.807, 2.05) is 4.90 Å². The average Bonchev–Trinajstić information content (AvgIpc) is 2.96. The predicted molar refractivity (Wildman–Crippen MR) is 81.2 cm³/mol. The van der Waals surface area contributed by atoms with Gasteiger partial charge in [-0.1, -0.05) is 12.8 Å². The standard InChI is InChI=1S/C16H21NO3S/c1-10-11-7-9-21-14(11)6-8-17(10)15(18)12-4-2-3-5-13(12)16(19)20/h7,9-10,12-13H,2-6,8H2,1H3,(H,19,20). The largest absolute Gasteiger partial charge is 0.481 e. The molecule has 5 heteroatoms. The Bertz CT molecular complexity index is 553. The van der Waals surface area contributed by atoms with Gasteiger partial charge < -0.3 is 10.0 Å². The highest BCUT2D eigenvalue weighted by atomic mass is 32.1. The molecule has 2 aliphatic rings. The molecule has 1 fully saturated rings. The number of fused-ring (bicyclic) bond motifs is 1. The number of thiophene rings is 1. The molecule has 0 radical (unpaired) electrons. The van der Waals surface area contributed by atoms with Crippen molar-refractivity contribution >= 4 is 23.2 Å². The van der Waals surface area contributed by atoms with Crippen molar-refractivity contribution in [2.45, 2.75) is 45.1 Å². The van der Waals surface area contributed by atoms with Gasteiger partial charge in [0.05, 0.1) is 17.9 Å². The van der Waals surface area contributed by atoms with Crippen molar-refractivity contribution in [3.63, 3.8) is 0 Å². The zero-order chi connectivity index (χ0) is 15.0. The van der Waals surface area contributed by atoms with E-state index in [4.69, 9.17) is 0 Å². The smallest absolute Gasteiger partial charge is 0.307 e. The van der Waals surface area contributed by atoms with Crippen molar-refractivity contribution in [1.82, 2.24) is 4.90 Å². The molecular weight excluding hydrogens is 286 g/mol. The SMILES string of the molecule is CC1c2ccsc2CCN1C(=O)C1CCCCC1C(=O)O. The topological polar surface area (TPSA) is 57.6 Å². The summed E-state index contributed by atoms with van der Waals surface area (Å²) in [4.78, 5) is 27.6. The number of nitrogens with zero attached hydrogens (tertiary/aromatic N) is 1. The number of rotatable bonds is 2. The highest BCUT2D eigenvalue weighted by Gasteiger charge is 2.40. The maximum atomic E-state index is 12.9. The molecule has 3 atom stereocenters. The predicted octanol–water partition coefficient (Wildman–Crippen LogP) is 3.08. The number of hydrogen-bond donors (Lipinski definition) is 1. The third kappa shape index (κ3) is 2.59. The fourth-order valence-corrected chi connectivity index (χ4v) is 4.71. The van der Waals surface area contributed by atoms with Gasteiger partial charge in [-0.3, -0.25) is 9.59 Å². The van der Waals surface area contributed by atoms with E-state index < -0.39 is 11.9 Å². The van der Waals surface area contributed by atoms with E-state index in [1.165, 1.54) is 10.4 Å². The third-order valence-electron chi connectivity index (χ3n) is 4.96. The van der Waals surface area contributed by atoms with Crippen molar-refractivity contribution in [1.29, 1.82) is 0 Å². The van der Waals surface area contributed by atoms with Gasteiger partial charge in [-0.25, -0.2) is 0 Å². The zero-order valence-electron chi connectivity index (χ0n) is 12.2. The number of aliphatic carboxylic acids is 1. The van der Waals surface area contributed by atoms with Gasteiger partial charge in [-0.05, 0) is 43.2 Å². The average molecular weight is 307 g/mol. The quantitative estimate of drug-likeness (QED) is 0.913. The minimum absolute atomic E-state index is 0.0476. The Hall–Kier alpha value is -1.36. The zero-order valence-corrected chi connectivity index (χ0v) is 13.1. The molecule has 3 rings (SSSR count). The lowest BCUT2D eigenvalue weighted by Crippen LogP contribution is -2.45. The number of carboxylic acid groups (broad SMARTS) is 1. The molecule has 0 aromatic carbocycles. The molecule has 2 heterocycles. The summed E-state index contributed by atoms with van der Waals surface area (Å²) in [5.74, 6) is -1.60. The van der Waals surface area contributed by atoms with Gasteiger partial charge in [0.25, 0.3) is 0 Å². The van der Waals surface area contributed by atoms with Gasteiger partial charge >= 0.3 is 5.97 Å². The van der Waals surface area contributed by atoms with Crippen LogP contribution < -0.4 is 0 Å². The van der Waals surface area contributed by atoms with E-state index in [0.29, 0.717) is 6.42 Å². The van der Waals surface area contributed by atoms with Crippen molar-refractivity contribution in [3.05, 3.63) is 21.9 Å². The Labute approximate surface area is 128 Å². The Morgan fingerprint density at radius 2 is 2.00 bits per heavy atom. The second-order valence-electron chi connectivity index (χ2n) is 6.09. The Morgan fingerprint density at radius 1 is 1.29 bits per heavy atom. The van der Waals surface area contributed by atoms with Crippen LogP contribution in [-0.2, 0) is 16.0 Å². The van der Waals surface area contributed by atoms with E-state index in [9.17, 15) is 14.7 Å². The second kappa shape index (κ2) is 5.79. The lowest BCUT2D eigenvalue weighted by molar-refractivity contribution is -0.153. The van der Waals surface area contributed by atoms with Gasteiger partial charge in [0, 0.05) is 11.4 Å². The van der Waals surface area contributed by atoms with Crippen LogP contribution in [0.5, 0.6) is 0 Å². The molecule has 0 bridgehead atoms. The molecule has 1 aromatic heterocycles. The third-order valence-corrected chi connectivity index (χ3v) is 5.96. The summed E-state index contributed by atoms with van der Waals surface area (Å²) < 4.78 is 0. The Balaban J connectivity index is 1.80. The molecule has 1 saturated carbocycles. The lowest BCUT2D eigenvalue weighted by Gasteiger charge is -2.38. The summed E-state index contributed by atoms with van der Waals surface area (Å²) >= 11 is 1.75. The minimum Gasteiger partial charge on any atom is -0.481 e. The van der Waals surface area contributed by atoms with Crippen molar-refractivity contribution in [2.24, 2.45) is 11.8 Å². The van der Waals surface area contributed by atoms with E-state index in [1.54, 1.807) is 11.3 Å². The molecule has 1 N–H and O–H groups in total. The van der Waals surface area contributed by atoms with Crippen LogP contribution in [0.1, 0.15) is 49.1 Å². The first-order chi connectivity index (χ1) is 10.1. The van der Waals surface area contributed by atoms with Crippen molar-refractivity contribution in [2.75, 3.05) is 6.54 Å². The highest BCUT2D eigenvalue weighted by molar-refractivity contribution is 7.10. The number of carbonyl (C=O) groups excluding carboxylic acids is 1. The molecule has 3 unspecified atom stereocenters. The number of carboxylic acids is 1. The number of amides is 1. The highest BCUT2D eigenvalue weighted by Crippen LogP contribution is 2.37. The normalized spacial score (nSPS) is 29.0. The fourth-order valence-electron chi connectivity index (χ4n) is 3.75. The van der Waals surface area contributed by atoms with E-state index in [-0.39, 0.29) is 17.9 Å². The Morgan fingerprint density at radius 3 is 2.71 bits per heavy atom. The summed E-state index contributed by atoms with van der Waals surface area (Å²) in [6.07, 6.45) is 4.14. The minimum atomic E-state index is -0.811. The maximum Gasteiger partial charge on any atom is 0.307 e. The number of hydrogen-bond acceptors (Lipinski definition) is 3. The molecule has 114 valence electrons. The van der Waals surface area contributed by atoms with E-state index >= 15 is 0 Å². The van der Waals surface area contributed by atoms with Gasteiger partial charge in [0.15, 0.2) is 0 Å². The van der Waals surface area contributed by atoms with Crippen LogP contribution in [0.3, 0.4) is 0 Å². The molecule has 0 saturated heterocycles. The number of carbonyl (C=O) groups is 2. The summed E-state index contributed by atoms with van der Waals surface area (Å²) in [5, 5.41) is 11.5. The summed E-state index contributed by atoms with van der Waals surface area (Å²) in [5.41, 5.74) is 1.24. The summed E-state index contributed by atoms with van der Waals surface area (Å²) in [6.45, 7) is 2.78. The van der Waals surface area contributed by atoms with Gasteiger partial charge in [0.1, 0.15) is 0 Å². The van der Waals surface area contributed by atoms with Crippen LogP contribution in [-0.4, -0.2) is 28.4 Å².